The molecule has 0 aromatic carbocycles. The Labute approximate surface area is 96.4 Å². The summed E-state index contributed by atoms with van der Waals surface area (Å²) in [7, 11) is 0. The lowest BCUT2D eigenvalue weighted by Crippen LogP contribution is -2.36. The molecule has 0 unspecified atom stereocenters. The van der Waals surface area contributed by atoms with Gasteiger partial charge in [-0.3, -0.25) is 4.79 Å². The van der Waals surface area contributed by atoms with Crippen LogP contribution in [0.25, 0.3) is 0 Å². The van der Waals surface area contributed by atoms with Crippen LogP contribution in [0, 0.1) is 0 Å². The zero-order chi connectivity index (χ0) is 10.7. The summed E-state index contributed by atoms with van der Waals surface area (Å²) in [6, 6.07) is 3.71. The molecule has 0 spiro atoms. The topological polar surface area (TPSA) is 42.4 Å². The number of nitrogens with zero attached hydrogens (tertiary/aromatic N) is 2. The molecule has 5 heteroatoms. The fourth-order valence-corrected chi connectivity index (χ4v) is 2.01. The zero-order valence-electron chi connectivity index (χ0n) is 8.15. The van der Waals surface area contributed by atoms with Crippen LogP contribution in [0.3, 0.4) is 0 Å². The number of anilines is 1. The first-order valence-electron chi connectivity index (χ1n) is 4.75. The molecule has 0 bridgehead atoms. The van der Waals surface area contributed by atoms with E-state index < -0.39 is 0 Å². The normalized spacial score (nSPS) is 16.5. The highest BCUT2D eigenvalue weighted by atomic mass is 79.9. The van der Waals surface area contributed by atoms with Gasteiger partial charge in [-0.25, -0.2) is 4.98 Å². The van der Waals surface area contributed by atoms with E-state index in [0.29, 0.717) is 10.3 Å². The summed E-state index contributed by atoms with van der Waals surface area (Å²) in [6.07, 6.45) is 0.759. The van der Waals surface area contributed by atoms with Crippen LogP contribution in [0.1, 0.15) is 10.5 Å². The molecule has 15 heavy (non-hydrogen) atoms. The average Bonchev–Trinajstić information content (AvgIpc) is 2.29. The SMILES string of the molecule is O=Cc1cc(N2CCOCC2)cc(Br)n1. The summed E-state index contributed by atoms with van der Waals surface area (Å²) < 4.78 is 5.96. The third-order valence-corrected chi connectivity index (χ3v) is 2.70. The van der Waals surface area contributed by atoms with Gasteiger partial charge in [-0.15, -0.1) is 0 Å². The lowest BCUT2D eigenvalue weighted by atomic mass is 10.3. The molecule has 0 saturated carbocycles. The third-order valence-electron chi connectivity index (χ3n) is 2.30. The maximum atomic E-state index is 10.7. The molecule has 0 radical (unpaired) electrons. The molecule has 1 aromatic rings. The second-order valence-corrected chi connectivity index (χ2v) is 4.10. The fourth-order valence-electron chi connectivity index (χ4n) is 1.57. The van der Waals surface area contributed by atoms with Gasteiger partial charge in [-0.05, 0) is 28.1 Å². The number of hydrogen-bond acceptors (Lipinski definition) is 4. The van der Waals surface area contributed by atoms with E-state index in [4.69, 9.17) is 4.74 Å². The van der Waals surface area contributed by atoms with Gasteiger partial charge in [0.25, 0.3) is 0 Å². The molecule has 0 aliphatic carbocycles. The van der Waals surface area contributed by atoms with Gasteiger partial charge in [0, 0.05) is 18.8 Å². The Kier molecular flexibility index (Phi) is 3.33. The van der Waals surface area contributed by atoms with Crippen LogP contribution >= 0.6 is 15.9 Å². The van der Waals surface area contributed by atoms with Crippen LogP contribution in [0.2, 0.25) is 0 Å². The summed E-state index contributed by atoms with van der Waals surface area (Å²) >= 11 is 3.29. The van der Waals surface area contributed by atoms with Crippen molar-refractivity contribution in [3.8, 4) is 0 Å². The minimum atomic E-state index is 0.450. The Bertz CT molecular complexity index is 364. The molecule has 80 valence electrons. The molecule has 2 heterocycles. The van der Waals surface area contributed by atoms with Crippen molar-refractivity contribution in [3.05, 3.63) is 22.4 Å². The number of ether oxygens (including phenoxy) is 1. The van der Waals surface area contributed by atoms with Gasteiger partial charge < -0.3 is 9.64 Å². The number of carbonyl (C=O) groups excluding carboxylic acids is 1. The van der Waals surface area contributed by atoms with E-state index in [1.165, 1.54) is 0 Å². The van der Waals surface area contributed by atoms with Gasteiger partial charge in [0.1, 0.15) is 10.3 Å². The summed E-state index contributed by atoms with van der Waals surface area (Å²) in [6.45, 7) is 3.18. The first-order chi connectivity index (χ1) is 7.29. The molecule has 0 N–H and O–H groups in total. The molecule has 1 aliphatic heterocycles. The summed E-state index contributed by atoms with van der Waals surface area (Å²) in [5.74, 6) is 0. The highest BCUT2D eigenvalue weighted by Gasteiger charge is 2.12. The second-order valence-electron chi connectivity index (χ2n) is 3.29. The number of hydrogen-bond donors (Lipinski definition) is 0. The van der Waals surface area contributed by atoms with Crippen LogP contribution in [-0.2, 0) is 4.74 Å². The predicted octanol–water partition coefficient (Wildman–Crippen LogP) is 1.49. The van der Waals surface area contributed by atoms with E-state index in [-0.39, 0.29) is 0 Å². The van der Waals surface area contributed by atoms with Crippen molar-refractivity contribution >= 4 is 27.9 Å². The number of pyridine rings is 1. The molecule has 1 fully saturated rings. The van der Waals surface area contributed by atoms with E-state index >= 15 is 0 Å². The number of aromatic nitrogens is 1. The molecule has 2 rings (SSSR count). The highest BCUT2D eigenvalue weighted by molar-refractivity contribution is 9.10. The quantitative estimate of drug-likeness (QED) is 0.603. The number of morpholine rings is 1. The number of carbonyl (C=O) groups is 1. The van der Waals surface area contributed by atoms with E-state index in [0.717, 1.165) is 38.3 Å². The standard InChI is InChI=1S/C10H11BrN2O2/c11-10-6-9(5-8(7-14)12-10)13-1-3-15-4-2-13/h5-7H,1-4H2. The number of halogens is 1. The Morgan fingerprint density at radius 2 is 2.13 bits per heavy atom. The third kappa shape index (κ3) is 2.54. The fraction of sp³-hybridized carbons (Fsp3) is 0.400. The molecular weight excluding hydrogens is 260 g/mol. The molecule has 1 aliphatic rings. The largest absolute Gasteiger partial charge is 0.378 e. The first-order valence-corrected chi connectivity index (χ1v) is 5.54. The van der Waals surface area contributed by atoms with Crippen LogP contribution < -0.4 is 4.90 Å². The molecule has 0 atom stereocenters. The minimum Gasteiger partial charge on any atom is -0.378 e. The van der Waals surface area contributed by atoms with E-state index in [9.17, 15) is 4.79 Å². The highest BCUT2D eigenvalue weighted by Crippen LogP contribution is 2.20. The van der Waals surface area contributed by atoms with E-state index in [1.54, 1.807) is 6.07 Å². The van der Waals surface area contributed by atoms with Crippen molar-refractivity contribution < 1.29 is 9.53 Å². The van der Waals surface area contributed by atoms with Gasteiger partial charge in [-0.1, -0.05) is 0 Å². The van der Waals surface area contributed by atoms with Crippen molar-refractivity contribution in [1.29, 1.82) is 0 Å². The Hall–Kier alpha value is -0.940. The monoisotopic (exact) mass is 270 g/mol. The predicted molar refractivity (Wildman–Crippen MR) is 60.4 cm³/mol. The maximum absolute atomic E-state index is 10.7. The number of rotatable bonds is 2. The molecule has 1 aromatic heterocycles. The molecular formula is C10H11BrN2O2. The molecule has 4 nitrogen and oxygen atoms in total. The first kappa shape index (κ1) is 10.6. The Balaban J connectivity index is 2.25. The minimum absolute atomic E-state index is 0.450. The Morgan fingerprint density at radius 3 is 2.80 bits per heavy atom. The van der Waals surface area contributed by atoms with Gasteiger partial charge in [0.05, 0.1) is 13.2 Å². The van der Waals surface area contributed by atoms with Crippen LogP contribution in [-0.4, -0.2) is 37.6 Å². The lowest BCUT2D eigenvalue weighted by Gasteiger charge is -2.28. The van der Waals surface area contributed by atoms with Crippen LogP contribution in [0.4, 0.5) is 5.69 Å². The van der Waals surface area contributed by atoms with Crippen molar-refractivity contribution in [1.82, 2.24) is 4.98 Å². The second kappa shape index (κ2) is 4.72. The van der Waals surface area contributed by atoms with Gasteiger partial charge >= 0.3 is 0 Å². The van der Waals surface area contributed by atoms with E-state index in [2.05, 4.69) is 25.8 Å². The van der Waals surface area contributed by atoms with Crippen LogP contribution in [0.15, 0.2) is 16.7 Å². The van der Waals surface area contributed by atoms with Gasteiger partial charge in [-0.2, -0.15) is 0 Å². The summed E-state index contributed by atoms with van der Waals surface area (Å²) in [5, 5.41) is 0. The van der Waals surface area contributed by atoms with Crippen LogP contribution in [0.5, 0.6) is 0 Å². The van der Waals surface area contributed by atoms with Crippen molar-refractivity contribution in [3.63, 3.8) is 0 Å². The van der Waals surface area contributed by atoms with Crippen molar-refractivity contribution in [2.75, 3.05) is 31.2 Å². The molecule has 0 amide bonds. The van der Waals surface area contributed by atoms with Crippen molar-refractivity contribution in [2.24, 2.45) is 0 Å². The number of aldehydes is 1. The maximum Gasteiger partial charge on any atom is 0.168 e. The zero-order valence-corrected chi connectivity index (χ0v) is 9.74. The summed E-state index contributed by atoms with van der Waals surface area (Å²) in [4.78, 5) is 16.9. The van der Waals surface area contributed by atoms with Crippen molar-refractivity contribution in [2.45, 2.75) is 0 Å². The average molecular weight is 271 g/mol. The van der Waals surface area contributed by atoms with Gasteiger partial charge in [0.2, 0.25) is 0 Å². The summed E-state index contributed by atoms with van der Waals surface area (Å²) in [5.41, 5.74) is 1.47. The Morgan fingerprint density at radius 1 is 1.40 bits per heavy atom. The van der Waals surface area contributed by atoms with E-state index in [1.807, 2.05) is 6.07 Å². The lowest BCUT2D eigenvalue weighted by molar-refractivity contribution is 0.111. The smallest absolute Gasteiger partial charge is 0.168 e. The molecule has 1 saturated heterocycles. The van der Waals surface area contributed by atoms with Gasteiger partial charge in [0.15, 0.2) is 6.29 Å².